The zero-order valence-electron chi connectivity index (χ0n) is 17.3. The van der Waals surface area contributed by atoms with E-state index in [4.69, 9.17) is 4.98 Å². The third-order valence-electron chi connectivity index (χ3n) is 5.20. The molecule has 0 saturated carbocycles. The van der Waals surface area contributed by atoms with Crippen LogP contribution in [0.2, 0.25) is 0 Å². The molecule has 0 N–H and O–H groups in total. The summed E-state index contributed by atoms with van der Waals surface area (Å²) in [6.07, 6.45) is 1.42. The zero-order chi connectivity index (χ0) is 20.3. The van der Waals surface area contributed by atoms with Gasteiger partial charge in [-0.1, -0.05) is 36.8 Å². The normalized spacial score (nSPS) is 15.8. The molecule has 2 aromatic rings. The van der Waals surface area contributed by atoms with Gasteiger partial charge in [-0.2, -0.15) is 4.31 Å². The Morgan fingerprint density at radius 3 is 2.21 bits per heavy atom. The highest BCUT2D eigenvalue weighted by Crippen LogP contribution is 2.25. The molecule has 0 amide bonds. The minimum atomic E-state index is -3.14. The minimum Gasteiger partial charge on any atom is -0.354 e. The van der Waals surface area contributed by atoms with E-state index in [-0.39, 0.29) is 5.75 Å². The van der Waals surface area contributed by atoms with E-state index >= 15 is 0 Å². The molecule has 0 unspecified atom stereocenters. The van der Waals surface area contributed by atoms with Crippen LogP contribution in [0.5, 0.6) is 0 Å². The van der Waals surface area contributed by atoms with E-state index in [2.05, 4.69) is 41.1 Å². The average Bonchev–Trinajstić information content (AvgIpc) is 2.65. The Morgan fingerprint density at radius 1 is 0.964 bits per heavy atom. The van der Waals surface area contributed by atoms with Crippen molar-refractivity contribution in [1.82, 2.24) is 14.3 Å². The molecule has 1 saturated heterocycles. The van der Waals surface area contributed by atoms with Crippen LogP contribution < -0.4 is 4.90 Å². The third kappa shape index (κ3) is 4.70. The van der Waals surface area contributed by atoms with Crippen LogP contribution in [0.25, 0.3) is 0 Å². The van der Waals surface area contributed by atoms with Crippen molar-refractivity contribution in [2.45, 2.75) is 40.5 Å². The minimum absolute atomic E-state index is 0.220. The SMILES string of the molecule is CCCS(=O)(=O)N1CCN(c2nc(C)nc(C)c2Cc2ccc(C)cc2)CC1. The first-order valence-corrected chi connectivity index (χ1v) is 11.5. The van der Waals surface area contributed by atoms with E-state index in [1.807, 2.05) is 20.8 Å². The molecule has 7 heteroatoms. The van der Waals surface area contributed by atoms with Gasteiger partial charge in [0.15, 0.2) is 0 Å². The molecule has 0 aliphatic carbocycles. The predicted octanol–water partition coefficient (Wildman–Crippen LogP) is 2.85. The lowest BCUT2D eigenvalue weighted by Crippen LogP contribution is -2.49. The summed E-state index contributed by atoms with van der Waals surface area (Å²) in [6, 6.07) is 8.54. The molecule has 1 fully saturated rings. The van der Waals surface area contributed by atoms with Gasteiger partial charge in [0.05, 0.1) is 5.75 Å². The summed E-state index contributed by atoms with van der Waals surface area (Å²) in [5.74, 6) is 1.91. The van der Waals surface area contributed by atoms with Crippen LogP contribution in [0.1, 0.15) is 41.6 Å². The number of anilines is 1. The number of piperazine rings is 1. The van der Waals surface area contributed by atoms with Gasteiger partial charge in [-0.25, -0.2) is 18.4 Å². The number of aryl methyl sites for hydroxylation is 3. The first kappa shape index (κ1) is 20.7. The number of sulfonamides is 1. The highest BCUT2D eigenvalue weighted by Gasteiger charge is 2.28. The lowest BCUT2D eigenvalue weighted by Gasteiger charge is -2.35. The van der Waals surface area contributed by atoms with Crippen molar-refractivity contribution in [3.8, 4) is 0 Å². The summed E-state index contributed by atoms with van der Waals surface area (Å²) < 4.78 is 26.3. The van der Waals surface area contributed by atoms with Crippen molar-refractivity contribution in [3.05, 3.63) is 52.5 Å². The molecule has 0 bridgehead atoms. The molecule has 0 atom stereocenters. The Balaban J connectivity index is 1.83. The summed E-state index contributed by atoms with van der Waals surface area (Å²) in [5, 5.41) is 0. The Morgan fingerprint density at radius 2 is 1.61 bits per heavy atom. The second kappa shape index (κ2) is 8.57. The van der Waals surface area contributed by atoms with E-state index in [9.17, 15) is 8.42 Å². The number of nitrogens with zero attached hydrogens (tertiary/aromatic N) is 4. The van der Waals surface area contributed by atoms with Gasteiger partial charge in [0.25, 0.3) is 0 Å². The van der Waals surface area contributed by atoms with Crippen LogP contribution in [0, 0.1) is 20.8 Å². The lowest BCUT2D eigenvalue weighted by molar-refractivity contribution is 0.383. The van der Waals surface area contributed by atoms with Gasteiger partial charge in [0.1, 0.15) is 11.6 Å². The Kier molecular flexibility index (Phi) is 6.35. The number of aromatic nitrogens is 2. The maximum atomic E-state index is 12.4. The van der Waals surface area contributed by atoms with E-state index in [1.54, 1.807) is 4.31 Å². The monoisotopic (exact) mass is 402 g/mol. The molecule has 1 aromatic heterocycles. The summed E-state index contributed by atoms with van der Waals surface area (Å²) in [7, 11) is -3.14. The van der Waals surface area contributed by atoms with Gasteiger partial charge in [0, 0.05) is 43.9 Å². The fourth-order valence-electron chi connectivity index (χ4n) is 3.66. The van der Waals surface area contributed by atoms with Gasteiger partial charge in [-0.05, 0) is 32.8 Å². The number of hydrogen-bond donors (Lipinski definition) is 0. The number of hydrogen-bond acceptors (Lipinski definition) is 5. The molecule has 2 heterocycles. The largest absolute Gasteiger partial charge is 0.354 e. The van der Waals surface area contributed by atoms with Crippen molar-refractivity contribution >= 4 is 15.8 Å². The molecule has 0 spiro atoms. The van der Waals surface area contributed by atoms with Gasteiger partial charge in [-0.15, -0.1) is 0 Å². The molecule has 1 aliphatic heterocycles. The van der Waals surface area contributed by atoms with Gasteiger partial charge in [-0.3, -0.25) is 0 Å². The summed E-state index contributed by atoms with van der Waals surface area (Å²) in [4.78, 5) is 11.5. The standard InChI is InChI=1S/C21H30N4O2S/c1-5-14-28(26,27)25-12-10-24(11-13-25)21-20(17(3)22-18(4)23-21)15-19-8-6-16(2)7-9-19/h6-9H,5,10-15H2,1-4H3. The van der Waals surface area contributed by atoms with Gasteiger partial charge < -0.3 is 4.90 Å². The smallest absolute Gasteiger partial charge is 0.214 e. The van der Waals surface area contributed by atoms with Crippen LogP contribution in [-0.2, 0) is 16.4 Å². The molecule has 1 aromatic carbocycles. The van der Waals surface area contributed by atoms with Crippen molar-refractivity contribution in [2.75, 3.05) is 36.8 Å². The second-order valence-electron chi connectivity index (χ2n) is 7.52. The first-order chi connectivity index (χ1) is 13.3. The van der Waals surface area contributed by atoms with Crippen LogP contribution in [0.4, 0.5) is 5.82 Å². The Labute approximate surface area is 168 Å². The van der Waals surface area contributed by atoms with Crippen LogP contribution >= 0.6 is 0 Å². The first-order valence-electron chi connectivity index (χ1n) is 9.92. The summed E-state index contributed by atoms with van der Waals surface area (Å²) >= 11 is 0. The van der Waals surface area contributed by atoms with Gasteiger partial charge in [0.2, 0.25) is 10.0 Å². The fraction of sp³-hybridized carbons (Fsp3) is 0.524. The molecule has 152 valence electrons. The van der Waals surface area contributed by atoms with E-state index < -0.39 is 10.0 Å². The molecule has 28 heavy (non-hydrogen) atoms. The summed E-state index contributed by atoms with van der Waals surface area (Å²) in [6.45, 7) is 10.2. The molecule has 6 nitrogen and oxygen atoms in total. The van der Waals surface area contributed by atoms with E-state index in [0.717, 1.165) is 29.3 Å². The molecule has 0 radical (unpaired) electrons. The highest BCUT2D eigenvalue weighted by molar-refractivity contribution is 7.89. The highest BCUT2D eigenvalue weighted by atomic mass is 32.2. The topological polar surface area (TPSA) is 66.4 Å². The number of rotatable bonds is 6. The van der Waals surface area contributed by atoms with Crippen molar-refractivity contribution in [1.29, 1.82) is 0 Å². The van der Waals surface area contributed by atoms with Crippen LogP contribution in [0.15, 0.2) is 24.3 Å². The quantitative estimate of drug-likeness (QED) is 0.743. The molecular weight excluding hydrogens is 372 g/mol. The van der Waals surface area contributed by atoms with E-state index in [1.165, 1.54) is 11.1 Å². The second-order valence-corrected chi connectivity index (χ2v) is 9.61. The summed E-state index contributed by atoms with van der Waals surface area (Å²) in [5.41, 5.74) is 4.58. The van der Waals surface area contributed by atoms with Gasteiger partial charge >= 0.3 is 0 Å². The molecule has 3 rings (SSSR count). The third-order valence-corrected chi connectivity index (χ3v) is 7.28. The van der Waals surface area contributed by atoms with Crippen molar-refractivity contribution in [3.63, 3.8) is 0 Å². The van der Waals surface area contributed by atoms with Crippen LogP contribution in [0.3, 0.4) is 0 Å². The zero-order valence-corrected chi connectivity index (χ0v) is 18.1. The average molecular weight is 403 g/mol. The number of benzene rings is 1. The molecule has 1 aliphatic rings. The van der Waals surface area contributed by atoms with Crippen molar-refractivity contribution < 1.29 is 8.42 Å². The molecular formula is C21H30N4O2S. The maximum absolute atomic E-state index is 12.4. The Hall–Kier alpha value is -1.99. The Bertz CT molecular complexity index is 918. The van der Waals surface area contributed by atoms with Crippen LogP contribution in [-0.4, -0.2) is 54.6 Å². The maximum Gasteiger partial charge on any atom is 0.214 e. The predicted molar refractivity (Wildman–Crippen MR) is 113 cm³/mol. The van der Waals surface area contributed by atoms with Crippen molar-refractivity contribution in [2.24, 2.45) is 0 Å². The lowest BCUT2D eigenvalue weighted by atomic mass is 10.0. The van der Waals surface area contributed by atoms with E-state index in [0.29, 0.717) is 32.6 Å². The fourth-order valence-corrected chi connectivity index (χ4v) is 5.16.